The zero-order valence-corrected chi connectivity index (χ0v) is 17.2. The molecule has 0 bridgehead atoms. The molecule has 7 nitrogen and oxygen atoms in total. The lowest BCUT2D eigenvalue weighted by Crippen LogP contribution is -2.35. The van der Waals surface area contributed by atoms with Gasteiger partial charge in [-0.1, -0.05) is 30.3 Å². The molecule has 152 valence electrons. The third-order valence-corrected chi connectivity index (χ3v) is 6.28. The van der Waals surface area contributed by atoms with E-state index in [0.29, 0.717) is 17.2 Å². The molecule has 0 saturated heterocycles. The fourth-order valence-electron chi connectivity index (χ4n) is 2.89. The van der Waals surface area contributed by atoms with Crippen LogP contribution in [0.3, 0.4) is 0 Å². The van der Waals surface area contributed by atoms with E-state index in [9.17, 15) is 13.2 Å². The average Bonchev–Trinajstić information content (AvgIpc) is 2.73. The zero-order chi connectivity index (χ0) is 21.0. The Morgan fingerprint density at radius 3 is 2.38 bits per heavy atom. The number of benzene rings is 3. The number of anilines is 1. The number of carbonyl (C=O) groups excluding carboxylic acids is 1. The maximum absolute atomic E-state index is 12.9. The van der Waals surface area contributed by atoms with E-state index >= 15 is 0 Å². The molecule has 0 atom stereocenters. The van der Waals surface area contributed by atoms with E-state index in [4.69, 9.17) is 9.47 Å². The molecule has 0 saturated carbocycles. The van der Waals surface area contributed by atoms with Crippen LogP contribution in [-0.2, 0) is 14.8 Å². The van der Waals surface area contributed by atoms with E-state index in [1.54, 1.807) is 36.4 Å². The minimum atomic E-state index is -3.82. The number of sulfonamides is 1. The molecule has 3 aromatic carbocycles. The molecule has 0 aliphatic heterocycles. The molecule has 8 heteroatoms. The number of fused-ring (bicyclic) bond motifs is 1. The maximum Gasteiger partial charge on any atom is 0.243 e. The fraction of sp³-hybridized carbons (Fsp3) is 0.190. The lowest BCUT2D eigenvalue weighted by Gasteiger charge is -2.18. The van der Waals surface area contributed by atoms with Gasteiger partial charge >= 0.3 is 0 Å². The van der Waals surface area contributed by atoms with E-state index in [-0.39, 0.29) is 11.4 Å². The van der Waals surface area contributed by atoms with Crippen LogP contribution in [-0.4, -0.2) is 46.4 Å². The quantitative estimate of drug-likeness (QED) is 0.642. The van der Waals surface area contributed by atoms with Gasteiger partial charge in [0.25, 0.3) is 0 Å². The summed E-state index contributed by atoms with van der Waals surface area (Å²) in [6, 6.07) is 17.3. The van der Waals surface area contributed by atoms with Gasteiger partial charge in [0.1, 0.15) is 11.5 Å². The van der Waals surface area contributed by atoms with Crippen molar-refractivity contribution in [1.29, 1.82) is 0 Å². The van der Waals surface area contributed by atoms with Gasteiger partial charge in [0, 0.05) is 13.1 Å². The summed E-state index contributed by atoms with van der Waals surface area (Å²) in [5.74, 6) is 0.508. The summed E-state index contributed by atoms with van der Waals surface area (Å²) in [6.07, 6.45) is 0. The Labute approximate surface area is 169 Å². The van der Waals surface area contributed by atoms with Gasteiger partial charge < -0.3 is 14.8 Å². The van der Waals surface area contributed by atoms with E-state index < -0.39 is 15.9 Å². The second-order valence-corrected chi connectivity index (χ2v) is 8.43. The van der Waals surface area contributed by atoms with E-state index in [1.807, 2.05) is 24.3 Å². The number of hydrogen-bond donors (Lipinski definition) is 1. The van der Waals surface area contributed by atoms with Crippen molar-refractivity contribution >= 4 is 32.4 Å². The molecular formula is C21H22N2O5S. The first-order valence-corrected chi connectivity index (χ1v) is 10.3. The highest BCUT2D eigenvalue weighted by atomic mass is 32.2. The molecular weight excluding hydrogens is 392 g/mol. The molecule has 0 radical (unpaired) electrons. The van der Waals surface area contributed by atoms with Crippen LogP contribution in [0.15, 0.2) is 65.6 Å². The van der Waals surface area contributed by atoms with Crippen molar-refractivity contribution in [3.63, 3.8) is 0 Å². The number of amides is 1. The molecule has 0 unspecified atom stereocenters. The molecule has 0 heterocycles. The van der Waals surface area contributed by atoms with E-state index in [1.165, 1.54) is 21.3 Å². The molecule has 3 rings (SSSR count). The van der Waals surface area contributed by atoms with Crippen molar-refractivity contribution in [2.45, 2.75) is 4.90 Å². The van der Waals surface area contributed by atoms with Gasteiger partial charge in [0.2, 0.25) is 15.9 Å². The van der Waals surface area contributed by atoms with Crippen LogP contribution >= 0.6 is 0 Å². The Balaban J connectivity index is 1.76. The van der Waals surface area contributed by atoms with Crippen LogP contribution < -0.4 is 14.8 Å². The first-order valence-electron chi connectivity index (χ1n) is 8.82. The van der Waals surface area contributed by atoms with Crippen molar-refractivity contribution in [2.75, 3.05) is 33.1 Å². The maximum atomic E-state index is 12.9. The summed E-state index contributed by atoms with van der Waals surface area (Å²) in [6.45, 7) is -0.343. The van der Waals surface area contributed by atoms with Crippen LogP contribution in [0.5, 0.6) is 11.5 Å². The number of ether oxygens (including phenoxy) is 2. The number of likely N-dealkylation sites (N-methyl/N-ethyl adjacent to an activating group) is 1. The summed E-state index contributed by atoms with van der Waals surface area (Å²) >= 11 is 0. The molecule has 0 spiro atoms. The fourth-order valence-corrected chi connectivity index (χ4v) is 4.05. The highest BCUT2D eigenvalue weighted by molar-refractivity contribution is 7.89. The SMILES string of the molecule is COc1ccc(NC(=O)CN(C)S(=O)(=O)c2ccc3ccccc3c2)c(OC)c1. The molecule has 0 aliphatic carbocycles. The lowest BCUT2D eigenvalue weighted by molar-refractivity contribution is -0.116. The molecule has 1 N–H and O–H groups in total. The molecule has 3 aromatic rings. The summed E-state index contributed by atoms with van der Waals surface area (Å²) in [7, 11) is 0.548. The van der Waals surface area contributed by atoms with Gasteiger partial charge in [-0.25, -0.2) is 8.42 Å². The van der Waals surface area contributed by atoms with Gasteiger partial charge in [0.15, 0.2) is 0 Å². The minimum Gasteiger partial charge on any atom is -0.497 e. The summed E-state index contributed by atoms with van der Waals surface area (Å²) in [5, 5.41) is 4.43. The van der Waals surface area contributed by atoms with Crippen molar-refractivity contribution in [3.05, 3.63) is 60.7 Å². The number of nitrogens with zero attached hydrogens (tertiary/aromatic N) is 1. The van der Waals surface area contributed by atoms with Gasteiger partial charge in [-0.15, -0.1) is 0 Å². The Hall–Kier alpha value is -3.10. The van der Waals surface area contributed by atoms with Crippen LogP contribution in [0, 0.1) is 0 Å². The standard InChI is InChI=1S/C21H22N2O5S/c1-23(14-21(24)22-19-11-9-17(27-2)13-20(19)28-3)29(25,26)18-10-8-15-6-4-5-7-16(15)12-18/h4-13H,14H2,1-3H3,(H,22,24). The van der Waals surface area contributed by atoms with Crippen LogP contribution in [0.25, 0.3) is 10.8 Å². The summed E-state index contributed by atoms with van der Waals surface area (Å²) < 4.78 is 37.1. The van der Waals surface area contributed by atoms with Crippen LogP contribution in [0.1, 0.15) is 0 Å². The second kappa shape index (κ2) is 8.50. The van der Waals surface area contributed by atoms with Crippen LogP contribution in [0.4, 0.5) is 5.69 Å². The smallest absolute Gasteiger partial charge is 0.243 e. The number of rotatable bonds is 7. The molecule has 1 amide bonds. The highest BCUT2D eigenvalue weighted by Crippen LogP contribution is 2.29. The van der Waals surface area contributed by atoms with Gasteiger partial charge in [-0.2, -0.15) is 4.31 Å². The molecule has 0 aromatic heterocycles. The molecule has 29 heavy (non-hydrogen) atoms. The largest absolute Gasteiger partial charge is 0.497 e. The average molecular weight is 414 g/mol. The lowest BCUT2D eigenvalue weighted by atomic mass is 10.1. The first-order chi connectivity index (χ1) is 13.8. The number of nitrogens with one attached hydrogen (secondary N) is 1. The highest BCUT2D eigenvalue weighted by Gasteiger charge is 2.23. The van der Waals surface area contributed by atoms with Crippen molar-refractivity contribution < 1.29 is 22.7 Å². The van der Waals surface area contributed by atoms with Crippen LogP contribution in [0.2, 0.25) is 0 Å². The second-order valence-electron chi connectivity index (χ2n) is 6.38. The van der Waals surface area contributed by atoms with Gasteiger partial charge in [-0.05, 0) is 35.0 Å². The number of hydrogen-bond acceptors (Lipinski definition) is 5. The van der Waals surface area contributed by atoms with Crippen molar-refractivity contribution in [2.24, 2.45) is 0 Å². The first kappa shape index (κ1) is 20.6. The Morgan fingerprint density at radius 2 is 1.69 bits per heavy atom. The topological polar surface area (TPSA) is 84.9 Å². The Morgan fingerprint density at radius 1 is 0.966 bits per heavy atom. The van der Waals surface area contributed by atoms with E-state index in [2.05, 4.69) is 5.32 Å². The molecule has 0 aliphatic rings. The molecule has 0 fully saturated rings. The predicted octanol–water partition coefficient (Wildman–Crippen LogP) is 3.12. The summed E-state index contributed by atoms with van der Waals surface area (Å²) in [5.41, 5.74) is 0.426. The minimum absolute atomic E-state index is 0.133. The Kier molecular flexibility index (Phi) is 6.05. The Bertz CT molecular complexity index is 1140. The van der Waals surface area contributed by atoms with Crippen molar-refractivity contribution in [1.82, 2.24) is 4.31 Å². The third kappa shape index (κ3) is 4.49. The van der Waals surface area contributed by atoms with Crippen molar-refractivity contribution in [3.8, 4) is 11.5 Å². The predicted molar refractivity (Wildman–Crippen MR) is 112 cm³/mol. The van der Waals surface area contributed by atoms with E-state index in [0.717, 1.165) is 15.1 Å². The number of carbonyl (C=O) groups is 1. The monoisotopic (exact) mass is 414 g/mol. The normalized spacial score (nSPS) is 11.4. The summed E-state index contributed by atoms with van der Waals surface area (Å²) in [4.78, 5) is 12.6. The third-order valence-electron chi connectivity index (χ3n) is 4.48. The zero-order valence-electron chi connectivity index (χ0n) is 16.4. The van der Waals surface area contributed by atoms with Gasteiger partial charge in [-0.3, -0.25) is 4.79 Å². The van der Waals surface area contributed by atoms with Gasteiger partial charge in [0.05, 0.1) is 31.3 Å². The number of methoxy groups -OCH3 is 2.